The summed E-state index contributed by atoms with van der Waals surface area (Å²) in [6.45, 7) is 7.09. The molecule has 118 valence electrons. The largest absolute Gasteiger partial charge is 0.475 e. The van der Waals surface area contributed by atoms with Crippen molar-refractivity contribution in [2.24, 2.45) is 0 Å². The van der Waals surface area contributed by atoms with Crippen LogP contribution in [-0.2, 0) is 22.9 Å². The van der Waals surface area contributed by atoms with Gasteiger partial charge in [0.15, 0.2) is 0 Å². The lowest BCUT2D eigenvalue weighted by molar-refractivity contribution is -0.245. The molecule has 4 unspecified atom stereocenters. The second kappa shape index (κ2) is 6.89. The quantitative estimate of drug-likeness (QED) is 0.500. The predicted octanol–water partition coefficient (Wildman–Crippen LogP) is 4.06. The van der Waals surface area contributed by atoms with Crippen LogP contribution in [0.15, 0.2) is 0 Å². The first-order valence-corrected chi connectivity index (χ1v) is 9.27. The third kappa shape index (κ3) is 3.28. The van der Waals surface area contributed by atoms with Crippen molar-refractivity contribution in [1.29, 1.82) is 0 Å². The fraction of sp³-hybridized carbons (Fsp3) is 1.00. The molecule has 0 radical (unpaired) electrons. The zero-order valence-electron chi connectivity index (χ0n) is 12.8. The first-order valence-electron chi connectivity index (χ1n) is 7.81. The summed E-state index contributed by atoms with van der Waals surface area (Å²) in [5.41, 5.74) is -0.605. The molecule has 0 aliphatic carbocycles. The molecule has 0 spiro atoms. The van der Waals surface area contributed by atoms with Crippen LogP contribution in [0.25, 0.3) is 0 Å². The number of phosphoric ester groups is 1. The van der Waals surface area contributed by atoms with E-state index < -0.39 is 13.4 Å². The van der Waals surface area contributed by atoms with Gasteiger partial charge in [0.2, 0.25) is 0 Å². The third-order valence-electron chi connectivity index (χ3n) is 4.21. The van der Waals surface area contributed by atoms with Gasteiger partial charge in [0.1, 0.15) is 17.8 Å². The van der Waals surface area contributed by atoms with Crippen molar-refractivity contribution >= 4 is 7.82 Å². The van der Waals surface area contributed by atoms with Crippen molar-refractivity contribution in [3.05, 3.63) is 0 Å². The minimum Gasteiger partial charge on any atom is -0.367 e. The summed E-state index contributed by atoms with van der Waals surface area (Å²) in [5, 5.41) is 0. The lowest BCUT2D eigenvalue weighted by Gasteiger charge is -2.52. The number of hydrogen-bond acceptors (Lipinski definition) is 5. The van der Waals surface area contributed by atoms with E-state index in [2.05, 4.69) is 6.92 Å². The van der Waals surface area contributed by atoms with E-state index in [4.69, 9.17) is 18.3 Å². The van der Waals surface area contributed by atoms with Crippen molar-refractivity contribution in [3.8, 4) is 0 Å². The molecule has 5 nitrogen and oxygen atoms in total. The van der Waals surface area contributed by atoms with Gasteiger partial charge >= 0.3 is 7.82 Å². The van der Waals surface area contributed by atoms with Gasteiger partial charge in [-0.15, -0.1) is 0 Å². The first-order chi connectivity index (χ1) is 9.56. The maximum Gasteiger partial charge on any atom is 0.475 e. The van der Waals surface area contributed by atoms with E-state index in [9.17, 15) is 4.57 Å². The normalized spacial score (nSPS) is 40.1. The Morgan fingerprint density at radius 3 is 2.60 bits per heavy atom. The van der Waals surface area contributed by atoms with Crippen LogP contribution in [0.2, 0.25) is 0 Å². The summed E-state index contributed by atoms with van der Waals surface area (Å²) in [6.07, 6.45) is 6.26. The van der Waals surface area contributed by atoms with E-state index in [1.807, 2.05) is 13.8 Å². The summed E-state index contributed by atoms with van der Waals surface area (Å²) in [6, 6.07) is 0. The van der Waals surface area contributed by atoms with Gasteiger partial charge in [-0.3, -0.25) is 13.6 Å². The van der Waals surface area contributed by atoms with Gasteiger partial charge < -0.3 is 4.74 Å². The molecule has 0 N–H and O–H groups in total. The maximum absolute atomic E-state index is 12.1. The van der Waals surface area contributed by atoms with Gasteiger partial charge in [-0.25, -0.2) is 4.57 Å². The Bertz CT molecular complexity index is 361. The summed E-state index contributed by atoms with van der Waals surface area (Å²) >= 11 is 0. The van der Waals surface area contributed by atoms with Crippen molar-refractivity contribution < 1.29 is 22.9 Å². The number of hydrogen-bond donors (Lipinski definition) is 0. The summed E-state index contributed by atoms with van der Waals surface area (Å²) in [5.74, 6) is 0. The molecular formula is C14H27O5P. The van der Waals surface area contributed by atoms with Crippen LogP contribution < -0.4 is 0 Å². The molecular weight excluding hydrogens is 279 g/mol. The molecule has 6 heteroatoms. The highest BCUT2D eigenvalue weighted by Crippen LogP contribution is 2.63. The zero-order valence-corrected chi connectivity index (χ0v) is 13.7. The van der Waals surface area contributed by atoms with Crippen molar-refractivity contribution in [2.75, 3.05) is 13.2 Å². The molecule has 0 aromatic heterocycles. The number of unbranched alkanes of at least 4 members (excludes halogenated alkanes) is 4. The van der Waals surface area contributed by atoms with Crippen molar-refractivity contribution in [1.82, 2.24) is 0 Å². The van der Waals surface area contributed by atoms with Gasteiger partial charge in [0.05, 0.1) is 6.61 Å². The van der Waals surface area contributed by atoms with E-state index in [1.165, 1.54) is 25.7 Å². The Balaban J connectivity index is 1.88. The van der Waals surface area contributed by atoms with E-state index in [0.29, 0.717) is 13.2 Å². The number of phosphoric acid groups is 1. The molecule has 2 bridgehead atoms. The maximum atomic E-state index is 12.1. The first kappa shape index (κ1) is 16.4. The standard InChI is InChI=1S/C14H27O5P/c1-4-6-7-8-9-10-16-14-11-17-20(15,18-12(14)3)19-13(14)5-2/h12-13H,4-11H2,1-3H3. The highest BCUT2D eigenvalue weighted by Gasteiger charge is 2.61. The Kier molecular flexibility index (Phi) is 5.66. The molecule has 0 saturated carbocycles. The molecule has 0 aromatic rings. The van der Waals surface area contributed by atoms with E-state index >= 15 is 0 Å². The molecule has 3 fully saturated rings. The third-order valence-corrected chi connectivity index (χ3v) is 5.75. The second-order valence-corrected chi connectivity index (χ2v) is 7.26. The smallest absolute Gasteiger partial charge is 0.367 e. The average molecular weight is 306 g/mol. The highest BCUT2D eigenvalue weighted by atomic mass is 31.2. The summed E-state index contributed by atoms with van der Waals surface area (Å²) in [4.78, 5) is 0. The van der Waals surface area contributed by atoms with Crippen LogP contribution >= 0.6 is 7.82 Å². The van der Waals surface area contributed by atoms with E-state index in [-0.39, 0.29) is 12.2 Å². The fourth-order valence-electron chi connectivity index (χ4n) is 2.91. The summed E-state index contributed by atoms with van der Waals surface area (Å²) < 4.78 is 34.3. The van der Waals surface area contributed by atoms with Crippen LogP contribution in [-0.4, -0.2) is 31.0 Å². The molecule has 3 aliphatic heterocycles. The molecule has 3 heterocycles. The highest BCUT2D eigenvalue weighted by molar-refractivity contribution is 7.48. The molecule has 3 rings (SSSR count). The Morgan fingerprint density at radius 1 is 1.20 bits per heavy atom. The summed E-state index contributed by atoms with van der Waals surface area (Å²) in [7, 11) is -3.33. The Labute approximate surface area is 121 Å². The second-order valence-electron chi connectivity index (χ2n) is 5.69. The topological polar surface area (TPSA) is 54.0 Å². The van der Waals surface area contributed by atoms with Crippen LogP contribution in [0.5, 0.6) is 0 Å². The van der Waals surface area contributed by atoms with Crippen LogP contribution in [0.4, 0.5) is 0 Å². The molecule has 3 aliphatic rings. The predicted molar refractivity (Wildman–Crippen MR) is 76.7 cm³/mol. The molecule has 4 atom stereocenters. The lowest BCUT2D eigenvalue weighted by Crippen LogP contribution is -2.63. The fourth-order valence-corrected chi connectivity index (χ4v) is 4.64. The number of rotatable bonds is 8. The minimum absolute atomic E-state index is 0.207. The monoisotopic (exact) mass is 306 g/mol. The zero-order chi connectivity index (χ0) is 14.6. The number of fused-ring (bicyclic) bond motifs is 3. The van der Waals surface area contributed by atoms with Gasteiger partial charge in [-0.1, -0.05) is 39.5 Å². The van der Waals surface area contributed by atoms with Crippen LogP contribution in [0, 0.1) is 0 Å². The average Bonchev–Trinajstić information content (AvgIpc) is 2.43. The molecule has 0 aromatic carbocycles. The van der Waals surface area contributed by atoms with Crippen LogP contribution in [0.3, 0.4) is 0 Å². The Hall–Kier alpha value is 0.0700. The van der Waals surface area contributed by atoms with Gasteiger partial charge in [-0.05, 0) is 19.8 Å². The van der Waals surface area contributed by atoms with Gasteiger partial charge in [0, 0.05) is 6.61 Å². The van der Waals surface area contributed by atoms with Crippen molar-refractivity contribution in [3.63, 3.8) is 0 Å². The minimum atomic E-state index is -3.33. The Morgan fingerprint density at radius 2 is 1.95 bits per heavy atom. The van der Waals surface area contributed by atoms with Crippen molar-refractivity contribution in [2.45, 2.75) is 77.1 Å². The van der Waals surface area contributed by atoms with E-state index in [0.717, 1.165) is 12.8 Å². The SMILES string of the molecule is CCCCCCCOC12COP(=O)(OC1C)OC2CC. The molecule has 3 saturated heterocycles. The lowest BCUT2D eigenvalue weighted by atomic mass is 9.89. The van der Waals surface area contributed by atoms with Gasteiger partial charge in [0.25, 0.3) is 0 Å². The van der Waals surface area contributed by atoms with Crippen LogP contribution in [0.1, 0.15) is 59.3 Å². The van der Waals surface area contributed by atoms with Gasteiger partial charge in [-0.2, -0.15) is 0 Å². The molecule has 20 heavy (non-hydrogen) atoms. The number of ether oxygens (including phenoxy) is 1. The van der Waals surface area contributed by atoms with E-state index in [1.54, 1.807) is 0 Å². The molecule has 0 amide bonds.